The standard InChI is InChI=1S/C24H44N4O3/c1-17(2)13-20-22(29)28(12-9-25-20)21(14-18(3)4)23(30)27-10-7-24(8-11-27)15-19(16-31-24)26(5)6/h17-21,25H,7-16H2,1-6H3/t19?,20-,21-/m0/s1. The molecule has 0 radical (unpaired) electrons. The number of ether oxygens (including phenoxy) is 1. The lowest BCUT2D eigenvalue weighted by Gasteiger charge is -2.43. The van der Waals surface area contributed by atoms with Gasteiger partial charge in [-0.1, -0.05) is 27.7 Å². The molecule has 3 heterocycles. The molecule has 1 spiro atoms. The fourth-order valence-electron chi connectivity index (χ4n) is 5.38. The Morgan fingerprint density at radius 1 is 1.16 bits per heavy atom. The zero-order valence-electron chi connectivity index (χ0n) is 20.5. The number of carbonyl (C=O) groups excluding carboxylic acids is 2. The van der Waals surface area contributed by atoms with Crippen LogP contribution in [0.3, 0.4) is 0 Å². The van der Waals surface area contributed by atoms with Gasteiger partial charge in [0.25, 0.3) is 0 Å². The molecule has 0 aromatic carbocycles. The van der Waals surface area contributed by atoms with Crippen LogP contribution in [0, 0.1) is 11.8 Å². The molecule has 2 amide bonds. The van der Waals surface area contributed by atoms with Gasteiger partial charge in [0.2, 0.25) is 11.8 Å². The third-order valence-corrected chi connectivity index (χ3v) is 7.29. The predicted octanol–water partition coefficient (Wildman–Crippen LogP) is 1.96. The summed E-state index contributed by atoms with van der Waals surface area (Å²) >= 11 is 0. The molecule has 0 saturated carbocycles. The third kappa shape index (κ3) is 5.79. The van der Waals surface area contributed by atoms with Gasteiger partial charge in [0.15, 0.2) is 0 Å². The lowest BCUT2D eigenvalue weighted by atomic mass is 9.86. The summed E-state index contributed by atoms with van der Waals surface area (Å²) < 4.78 is 6.24. The molecule has 178 valence electrons. The number of piperazine rings is 1. The molecule has 3 aliphatic heterocycles. The second-order valence-corrected chi connectivity index (χ2v) is 11.0. The summed E-state index contributed by atoms with van der Waals surface area (Å²) in [6.45, 7) is 12.2. The number of likely N-dealkylation sites (N-methyl/N-ethyl adjacent to an activating group) is 1. The summed E-state index contributed by atoms with van der Waals surface area (Å²) in [4.78, 5) is 33.0. The molecule has 7 nitrogen and oxygen atoms in total. The van der Waals surface area contributed by atoms with Crippen molar-refractivity contribution in [3.63, 3.8) is 0 Å². The highest BCUT2D eigenvalue weighted by molar-refractivity contribution is 5.90. The average Bonchev–Trinajstić information content (AvgIpc) is 3.12. The maximum absolute atomic E-state index is 13.6. The number of nitrogens with one attached hydrogen (secondary N) is 1. The summed E-state index contributed by atoms with van der Waals surface area (Å²) in [6.07, 6.45) is 4.37. The molecular weight excluding hydrogens is 392 g/mol. The molecular formula is C24H44N4O3. The molecule has 0 bridgehead atoms. The maximum atomic E-state index is 13.6. The summed E-state index contributed by atoms with van der Waals surface area (Å²) in [7, 11) is 4.22. The Bertz CT molecular complexity index is 628. The van der Waals surface area contributed by atoms with Gasteiger partial charge in [-0.15, -0.1) is 0 Å². The second-order valence-electron chi connectivity index (χ2n) is 11.0. The van der Waals surface area contributed by atoms with Crippen molar-refractivity contribution in [3.05, 3.63) is 0 Å². The van der Waals surface area contributed by atoms with Crippen LogP contribution in [0.4, 0.5) is 0 Å². The first-order valence-corrected chi connectivity index (χ1v) is 12.2. The van der Waals surface area contributed by atoms with Crippen molar-refractivity contribution in [1.29, 1.82) is 0 Å². The van der Waals surface area contributed by atoms with Crippen molar-refractivity contribution in [2.45, 2.75) is 83.5 Å². The minimum atomic E-state index is -0.350. The van der Waals surface area contributed by atoms with Gasteiger partial charge in [0.05, 0.1) is 18.2 Å². The number of piperidine rings is 1. The highest BCUT2D eigenvalue weighted by atomic mass is 16.5. The van der Waals surface area contributed by atoms with E-state index in [0.717, 1.165) is 58.3 Å². The van der Waals surface area contributed by atoms with E-state index in [2.05, 4.69) is 52.0 Å². The first kappa shape index (κ1) is 24.5. The maximum Gasteiger partial charge on any atom is 0.245 e. The van der Waals surface area contributed by atoms with E-state index in [-0.39, 0.29) is 29.5 Å². The number of likely N-dealkylation sites (tertiary alicyclic amines) is 1. The predicted molar refractivity (Wildman–Crippen MR) is 123 cm³/mol. The van der Waals surface area contributed by atoms with Gasteiger partial charge in [-0.05, 0) is 58.0 Å². The molecule has 31 heavy (non-hydrogen) atoms. The summed E-state index contributed by atoms with van der Waals surface area (Å²) in [6, 6.07) is -0.0553. The topological polar surface area (TPSA) is 65.1 Å². The van der Waals surface area contributed by atoms with E-state index >= 15 is 0 Å². The Morgan fingerprint density at radius 3 is 2.39 bits per heavy atom. The fraction of sp³-hybridized carbons (Fsp3) is 0.917. The highest BCUT2D eigenvalue weighted by Crippen LogP contribution is 2.37. The van der Waals surface area contributed by atoms with E-state index in [0.29, 0.717) is 24.4 Å². The SMILES string of the molecule is CC(C)C[C@@H]1NCCN([C@@H](CC(C)C)C(=O)N2CCC3(CC2)CC(N(C)C)CO3)C1=O. The quantitative estimate of drug-likeness (QED) is 0.661. The van der Waals surface area contributed by atoms with Crippen molar-refractivity contribution in [2.75, 3.05) is 46.9 Å². The van der Waals surface area contributed by atoms with E-state index in [1.165, 1.54) is 0 Å². The minimum Gasteiger partial charge on any atom is -0.373 e. The van der Waals surface area contributed by atoms with E-state index in [4.69, 9.17) is 4.74 Å². The van der Waals surface area contributed by atoms with Crippen molar-refractivity contribution >= 4 is 11.8 Å². The van der Waals surface area contributed by atoms with Crippen LogP contribution in [0.15, 0.2) is 0 Å². The first-order chi connectivity index (χ1) is 14.6. The summed E-state index contributed by atoms with van der Waals surface area (Å²) in [5.41, 5.74) is -0.0769. The molecule has 1 N–H and O–H groups in total. The molecule has 3 atom stereocenters. The molecule has 3 fully saturated rings. The molecule has 1 unspecified atom stereocenters. The number of amides is 2. The van der Waals surface area contributed by atoms with Crippen LogP contribution in [0.5, 0.6) is 0 Å². The zero-order valence-corrected chi connectivity index (χ0v) is 20.5. The van der Waals surface area contributed by atoms with Crippen LogP contribution in [0.1, 0.15) is 59.8 Å². The molecule has 7 heteroatoms. The van der Waals surface area contributed by atoms with Crippen molar-refractivity contribution < 1.29 is 14.3 Å². The van der Waals surface area contributed by atoms with Crippen LogP contribution in [0.2, 0.25) is 0 Å². The third-order valence-electron chi connectivity index (χ3n) is 7.29. The second kappa shape index (κ2) is 10.2. The summed E-state index contributed by atoms with van der Waals surface area (Å²) in [5, 5.41) is 3.37. The normalized spacial score (nSPS) is 27.7. The van der Waals surface area contributed by atoms with Crippen LogP contribution in [-0.2, 0) is 14.3 Å². The number of hydrogen-bond donors (Lipinski definition) is 1. The van der Waals surface area contributed by atoms with Crippen molar-refractivity contribution in [3.8, 4) is 0 Å². The van der Waals surface area contributed by atoms with E-state index in [1.807, 2.05) is 9.80 Å². The highest BCUT2D eigenvalue weighted by Gasteiger charge is 2.45. The van der Waals surface area contributed by atoms with Crippen molar-refractivity contribution in [1.82, 2.24) is 20.0 Å². The molecule has 3 rings (SSSR count). The Labute approximate surface area is 188 Å². The Balaban J connectivity index is 1.66. The molecule has 3 aliphatic rings. The molecule has 0 aromatic heterocycles. The zero-order chi connectivity index (χ0) is 22.8. The first-order valence-electron chi connectivity index (χ1n) is 12.2. The lowest BCUT2D eigenvalue weighted by Crippen LogP contribution is -2.62. The van der Waals surface area contributed by atoms with Gasteiger partial charge >= 0.3 is 0 Å². The van der Waals surface area contributed by atoms with Gasteiger partial charge in [-0.25, -0.2) is 0 Å². The number of hydrogen-bond acceptors (Lipinski definition) is 5. The average molecular weight is 437 g/mol. The minimum absolute atomic E-state index is 0.0769. The fourth-order valence-corrected chi connectivity index (χ4v) is 5.38. The van der Waals surface area contributed by atoms with Gasteiger partial charge in [0.1, 0.15) is 6.04 Å². The van der Waals surface area contributed by atoms with Crippen LogP contribution in [-0.4, -0.2) is 97.1 Å². The molecule has 3 saturated heterocycles. The number of nitrogens with zero attached hydrogens (tertiary/aromatic N) is 3. The van der Waals surface area contributed by atoms with Crippen molar-refractivity contribution in [2.24, 2.45) is 11.8 Å². The molecule has 0 aliphatic carbocycles. The van der Waals surface area contributed by atoms with Crippen LogP contribution >= 0.6 is 0 Å². The van der Waals surface area contributed by atoms with E-state index < -0.39 is 0 Å². The Morgan fingerprint density at radius 2 is 1.84 bits per heavy atom. The number of rotatable bonds is 7. The monoisotopic (exact) mass is 436 g/mol. The van der Waals surface area contributed by atoms with Crippen LogP contribution < -0.4 is 5.32 Å². The van der Waals surface area contributed by atoms with Gasteiger partial charge < -0.3 is 24.8 Å². The van der Waals surface area contributed by atoms with E-state index in [9.17, 15) is 9.59 Å². The largest absolute Gasteiger partial charge is 0.373 e. The Kier molecular flexibility index (Phi) is 8.03. The smallest absolute Gasteiger partial charge is 0.245 e. The lowest BCUT2D eigenvalue weighted by molar-refractivity contribution is -0.152. The Hall–Kier alpha value is -1.18. The van der Waals surface area contributed by atoms with Crippen LogP contribution in [0.25, 0.3) is 0 Å². The molecule has 0 aromatic rings. The van der Waals surface area contributed by atoms with E-state index in [1.54, 1.807) is 0 Å². The summed E-state index contributed by atoms with van der Waals surface area (Å²) in [5.74, 6) is 1.02. The number of carbonyl (C=O) groups is 2. The van der Waals surface area contributed by atoms with Gasteiger partial charge in [-0.3, -0.25) is 9.59 Å². The van der Waals surface area contributed by atoms with Gasteiger partial charge in [0, 0.05) is 32.2 Å². The van der Waals surface area contributed by atoms with Gasteiger partial charge in [-0.2, -0.15) is 0 Å².